The smallest absolute Gasteiger partial charge is 0.320 e. The molecule has 0 spiro atoms. The molecule has 0 bridgehead atoms. The average Bonchev–Trinajstić information content (AvgIpc) is 2.33. The number of hydrogen-bond donors (Lipinski definition) is 2. The summed E-state index contributed by atoms with van der Waals surface area (Å²) in [6, 6.07) is 4.75. The Kier molecular flexibility index (Phi) is 5.93. The van der Waals surface area contributed by atoms with E-state index in [0.29, 0.717) is 16.6 Å². The van der Waals surface area contributed by atoms with E-state index in [1.165, 1.54) is 0 Å². The van der Waals surface area contributed by atoms with E-state index in [2.05, 4.69) is 5.32 Å². The van der Waals surface area contributed by atoms with Gasteiger partial charge in [-0.3, -0.25) is 4.79 Å². The van der Waals surface area contributed by atoms with Gasteiger partial charge in [0.15, 0.2) is 0 Å². The first-order valence-corrected chi connectivity index (χ1v) is 6.62. The Bertz CT molecular complexity index is 423. The zero-order valence-electron chi connectivity index (χ0n) is 10.4. The molecule has 0 aliphatic carbocycles. The van der Waals surface area contributed by atoms with Gasteiger partial charge in [0.25, 0.3) is 0 Å². The van der Waals surface area contributed by atoms with Crippen LogP contribution in [0.2, 0.25) is 10.0 Å². The summed E-state index contributed by atoms with van der Waals surface area (Å²) in [6.07, 6.45) is 0.799. The van der Waals surface area contributed by atoms with Crippen molar-refractivity contribution in [2.75, 3.05) is 0 Å². The summed E-state index contributed by atoms with van der Waals surface area (Å²) in [5, 5.41) is 13.1. The monoisotopic (exact) mass is 289 g/mol. The lowest BCUT2D eigenvalue weighted by Crippen LogP contribution is -2.41. The highest BCUT2D eigenvalue weighted by Gasteiger charge is 2.22. The lowest BCUT2D eigenvalue weighted by molar-refractivity contribution is -0.140. The fourth-order valence-corrected chi connectivity index (χ4v) is 2.06. The van der Waals surface area contributed by atoms with E-state index in [-0.39, 0.29) is 5.92 Å². The topological polar surface area (TPSA) is 49.3 Å². The molecular weight excluding hydrogens is 273 g/mol. The highest BCUT2D eigenvalue weighted by molar-refractivity contribution is 6.42. The SMILES string of the molecule is CCC(C)C(NCc1cccc(Cl)c1Cl)C(=O)O. The van der Waals surface area contributed by atoms with E-state index < -0.39 is 12.0 Å². The number of carboxylic acid groups (broad SMARTS) is 1. The van der Waals surface area contributed by atoms with Crippen molar-refractivity contribution >= 4 is 29.2 Å². The van der Waals surface area contributed by atoms with Gasteiger partial charge in [0.05, 0.1) is 10.0 Å². The van der Waals surface area contributed by atoms with Crippen LogP contribution >= 0.6 is 23.2 Å². The second-order valence-corrected chi connectivity index (χ2v) is 5.08. The molecule has 5 heteroatoms. The van der Waals surface area contributed by atoms with E-state index in [1.54, 1.807) is 12.1 Å². The Balaban J connectivity index is 2.73. The van der Waals surface area contributed by atoms with Crippen LogP contribution in [0.5, 0.6) is 0 Å². The normalized spacial score (nSPS) is 14.2. The zero-order chi connectivity index (χ0) is 13.7. The molecule has 0 saturated heterocycles. The molecule has 0 aliphatic rings. The molecule has 1 aromatic rings. The predicted octanol–water partition coefficient (Wildman–Crippen LogP) is 3.58. The Morgan fingerprint density at radius 2 is 2.11 bits per heavy atom. The van der Waals surface area contributed by atoms with E-state index >= 15 is 0 Å². The minimum Gasteiger partial charge on any atom is -0.480 e. The number of benzene rings is 1. The number of nitrogens with one attached hydrogen (secondary N) is 1. The first-order chi connectivity index (χ1) is 8.47. The summed E-state index contributed by atoms with van der Waals surface area (Å²) in [6.45, 7) is 4.26. The molecule has 2 atom stereocenters. The van der Waals surface area contributed by atoms with Crippen LogP contribution in [-0.2, 0) is 11.3 Å². The van der Waals surface area contributed by atoms with Crippen molar-refractivity contribution in [2.24, 2.45) is 5.92 Å². The summed E-state index contributed by atoms with van der Waals surface area (Å²) >= 11 is 12.0. The van der Waals surface area contributed by atoms with Crippen molar-refractivity contribution in [1.82, 2.24) is 5.32 Å². The van der Waals surface area contributed by atoms with Crippen molar-refractivity contribution in [3.63, 3.8) is 0 Å². The van der Waals surface area contributed by atoms with Gasteiger partial charge in [0.1, 0.15) is 6.04 Å². The lowest BCUT2D eigenvalue weighted by atomic mass is 9.99. The van der Waals surface area contributed by atoms with Gasteiger partial charge in [0, 0.05) is 6.54 Å². The molecule has 3 nitrogen and oxygen atoms in total. The van der Waals surface area contributed by atoms with Gasteiger partial charge in [-0.15, -0.1) is 0 Å². The molecule has 0 saturated carbocycles. The number of carboxylic acids is 1. The molecule has 0 radical (unpaired) electrons. The molecular formula is C13H17Cl2NO2. The molecule has 0 amide bonds. The average molecular weight is 290 g/mol. The summed E-state index contributed by atoms with van der Waals surface area (Å²) in [4.78, 5) is 11.2. The molecule has 1 rings (SSSR count). The molecule has 0 aliphatic heterocycles. The molecule has 0 fully saturated rings. The van der Waals surface area contributed by atoms with Crippen molar-refractivity contribution in [3.8, 4) is 0 Å². The lowest BCUT2D eigenvalue weighted by Gasteiger charge is -2.20. The maximum atomic E-state index is 11.2. The third-order valence-corrected chi connectivity index (χ3v) is 3.88. The Morgan fingerprint density at radius 3 is 2.67 bits per heavy atom. The van der Waals surface area contributed by atoms with Gasteiger partial charge >= 0.3 is 5.97 Å². The predicted molar refractivity (Wildman–Crippen MR) is 74.2 cm³/mol. The molecule has 2 unspecified atom stereocenters. The van der Waals surface area contributed by atoms with Gasteiger partial charge in [0.2, 0.25) is 0 Å². The molecule has 0 heterocycles. The van der Waals surface area contributed by atoms with Crippen molar-refractivity contribution < 1.29 is 9.90 Å². The second kappa shape index (κ2) is 6.98. The molecule has 1 aromatic carbocycles. The minimum absolute atomic E-state index is 0.0560. The number of hydrogen-bond acceptors (Lipinski definition) is 2. The molecule has 18 heavy (non-hydrogen) atoms. The largest absolute Gasteiger partial charge is 0.480 e. The van der Waals surface area contributed by atoms with Crippen LogP contribution in [-0.4, -0.2) is 17.1 Å². The van der Waals surface area contributed by atoms with E-state index in [0.717, 1.165) is 12.0 Å². The van der Waals surface area contributed by atoms with E-state index in [9.17, 15) is 4.79 Å². The number of rotatable bonds is 6. The molecule has 2 N–H and O–H groups in total. The summed E-state index contributed by atoms with van der Waals surface area (Å²) < 4.78 is 0. The van der Waals surface area contributed by atoms with Gasteiger partial charge in [-0.1, -0.05) is 55.6 Å². The summed E-state index contributed by atoms with van der Waals surface area (Å²) in [5.41, 5.74) is 0.804. The van der Waals surface area contributed by atoms with Crippen LogP contribution in [0.4, 0.5) is 0 Å². The standard InChI is InChI=1S/C13H17Cl2NO2/c1-3-8(2)12(13(17)18)16-7-9-5-4-6-10(14)11(9)15/h4-6,8,12,16H,3,7H2,1-2H3,(H,17,18). The quantitative estimate of drug-likeness (QED) is 0.842. The Hall–Kier alpha value is -0.770. The fraction of sp³-hybridized carbons (Fsp3) is 0.462. The van der Waals surface area contributed by atoms with Crippen LogP contribution in [0.25, 0.3) is 0 Å². The summed E-state index contributed by atoms with van der Waals surface area (Å²) in [7, 11) is 0. The van der Waals surface area contributed by atoms with E-state index in [4.69, 9.17) is 28.3 Å². The van der Waals surface area contributed by atoms with Crippen molar-refractivity contribution in [1.29, 1.82) is 0 Å². The highest BCUT2D eigenvalue weighted by Crippen LogP contribution is 2.25. The van der Waals surface area contributed by atoms with Gasteiger partial charge < -0.3 is 10.4 Å². The van der Waals surface area contributed by atoms with Gasteiger partial charge in [-0.05, 0) is 17.5 Å². The van der Waals surface area contributed by atoms with E-state index in [1.807, 2.05) is 19.9 Å². The van der Waals surface area contributed by atoms with Gasteiger partial charge in [-0.2, -0.15) is 0 Å². The maximum Gasteiger partial charge on any atom is 0.320 e. The highest BCUT2D eigenvalue weighted by atomic mass is 35.5. The number of carbonyl (C=O) groups is 1. The van der Waals surface area contributed by atoms with Crippen LogP contribution in [0, 0.1) is 5.92 Å². The van der Waals surface area contributed by atoms with Gasteiger partial charge in [-0.25, -0.2) is 0 Å². The Morgan fingerprint density at radius 1 is 1.44 bits per heavy atom. The van der Waals surface area contributed by atoms with Crippen molar-refractivity contribution in [3.05, 3.63) is 33.8 Å². The van der Waals surface area contributed by atoms with Crippen LogP contribution in [0.3, 0.4) is 0 Å². The first-order valence-electron chi connectivity index (χ1n) is 5.86. The first kappa shape index (κ1) is 15.3. The fourth-order valence-electron chi connectivity index (χ4n) is 1.67. The Labute approximate surface area is 117 Å². The van der Waals surface area contributed by atoms with Crippen LogP contribution in [0.1, 0.15) is 25.8 Å². The van der Waals surface area contributed by atoms with Crippen LogP contribution < -0.4 is 5.32 Å². The third-order valence-electron chi connectivity index (χ3n) is 3.02. The number of halogens is 2. The molecule has 0 aromatic heterocycles. The zero-order valence-corrected chi connectivity index (χ0v) is 11.9. The minimum atomic E-state index is -0.845. The third kappa shape index (κ3) is 3.87. The maximum absolute atomic E-state index is 11.2. The van der Waals surface area contributed by atoms with Crippen molar-refractivity contribution in [2.45, 2.75) is 32.9 Å². The second-order valence-electron chi connectivity index (χ2n) is 4.30. The molecule has 100 valence electrons. The number of aliphatic carboxylic acids is 1. The summed E-state index contributed by atoms with van der Waals surface area (Å²) in [5.74, 6) is -0.789. The van der Waals surface area contributed by atoms with Crippen LogP contribution in [0.15, 0.2) is 18.2 Å².